The van der Waals surface area contributed by atoms with Gasteiger partial charge < -0.3 is 21.1 Å². The van der Waals surface area contributed by atoms with Crippen molar-refractivity contribution in [3.8, 4) is 0 Å². The molecule has 4 unspecified atom stereocenters. The number of nitrogens with one attached hydrogen (secondary N) is 2. The molecule has 0 aromatic carbocycles. The minimum Gasteiger partial charge on any atom is -0.473 e. The lowest BCUT2D eigenvalue weighted by Crippen LogP contribution is -2.25. The Hall–Kier alpha value is -1.30. The molecule has 2 aliphatic heterocycles. The molecule has 1 fully saturated rings. The third-order valence-corrected chi connectivity index (χ3v) is 4.92. The Bertz CT molecular complexity index is 458. The SMILES string of the molecule is CC.CC.CC1NC=C(C2CC2C2NC=C(C(C)(C)C)O2)S1.NC=O. The number of rotatable bonds is 2. The van der Waals surface area contributed by atoms with Crippen LogP contribution in [0, 0.1) is 17.3 Å². The smallest absolute Gasteiger partial charge is 0.204 e. The highest BCUT2D eigenvalue weighted by molar-refractivity contribution is 8.03. The highest BCUT2D eigenvalue weighted by Crippen LogP contribution is 2.53. The van der Waals surface area contributed by atoms with Gasteiger partial charge in [0.15, 0.2) is 6.23 Å². The molecule has 3 rings (SSSR count). The van der Waals surface area contributed by atoms with Crippen molar-refractivity contribution in [1.29, 1.82) is 0 Å². The Labute approximate surface area is 158 Å². The van der Waals surface area contributed by atoms with Gasteiger partial charge in [0.25, 0.3) is 0 Å². The maximum atomic E-state index is 8.58. The number of allylic oxidation sites excluding steroid dienone is 2. The highest BCUT2D eigenvalue weighted by Gasteiger charge is 2.49. The lowest BCUT2D eigenvalue weighted by molar-refractivity contribution is -0.106. The van der Waals surface area contributed by atoms with Crippen molar-refractivity contribution in [3.63, 3.8) is 0 Å². The van der Waals surface area contributed by atoms with Crippen LogP contribution in [0.1, 0.15) is 61.8 Å². The van der Waals surface area contributed by atoms with E-state index in [1.807, 2.05) is 39.5 Å². The van der Waals surface area contributed by atoms with E-state index in [2.05, 4.69) is 56.5 Å². The van der Waals surface area contributed by atoms with Crippen LogP contribution in [0.4, 0.5) is 0 Å². The van der Waals surface area contributed by atoms with Gasteiger partial charge in [-0.15, -0.1) is 11.8 Å². The van der Waals surface area contributed by atoms with Crippen molar-refractivity contribution in [2.75, 3.05) is 0 Å². The maximum absolute atomic E-state index is 8.58. The van der Waals surface area contributed by atoms with Crippen LogP contribution in [0.15, 0.2) is 23.1 Å². The minimum atomic E-state index is 0.101. The summed E-state index contributed by atoms with van der Waals surface area (Å²) in [4.78, 5) is 10.1. The molecule has 2 heterocycles. The summed E-state index contributed by atoms with van der Waals surface area (Å²) >= 11 is 1.95. The Morgan fingerprint density at radius 2 is 1.76 bits per heavy atom. The number of nitrogens with two attached hydrogens (primary N) is 1. The van der Waals surface area contributed by atoms with Gasteiger partial charge in [0.2, 0.25) is 6.41 Å². The maximum Gasteiger partial charge on any atom is 0.204 e. The molecule has 1 saturated carbocycles. The largest absolute Gasteiger partial charge is 0.473 e. The molecule has 0 aromatic heterocycles. The van der Waals surface area contributed by atoms with Gasteiger partial charge in [0.05, 0.1) is 5.37 Å². The van der Waals surface area contributed by atoms with Gasteiger partial charge >= 0.3 is 0 Å². The fourth-order valence-electron chi connectivity index (χ4n) is 2.51. The minimum absolute atomic E-state index is 0.101. The van der Waals surface area contributed by atoms with Crippen molar-refractivity contribution in [2.24, 2.45) is 23.0 Å². The van der Waals surface area contributed by atoms with E-state index >= 15 is 0 Å². The van der Waals surface area contributed by atoms with Crippen LogP contribution in [0.2, 0.25) is 0 Å². The van der Waals surface area contributed by atoms with Crippen molar-refractivity contribution >= 4 is 18.2 Å². The topological polar surface area (TPSA) is 76.4 Å². The predicted molar refractivity (Wildman–Crippen MR) is 108 cm³/mol. The Morgan fingerprint density at radius 3 is 2.16 bits per heavy atom. The average molecular weight is 372 g/mol. The van der Waals surface area contributed by atoms with E-state index in [9.17, 15) is 0 Å². The van der Waals surface area contributed by atoms with E-state index in [1.54, 1.807) is 0 Å². The molecule has 0 spiro atoms. The van der Waals surface area contributed by atoms with Gasteiger partial charge in [-0.25, -0.2) is 0 Å². The molecule has 146 valence electrons. The molecule has 0 saturated heterocycles. The number of hydrogen-bond acceptors (Lipinski definition) is 5. The second kappa shape index (κ2) is 11.3. The Kier molecular flexibility index (Phi) is 10.8. The third-order valence-electron chi connectivity index (χ3n) is 3.74. The van der Waals surface area contributed by atoms with Gasteiger partial charge in [-0.3, -0.25) is 4.79 Å². The highest BCUT2D eigenvalue weighted by atomic mass is 32.2. The summed E-state index contributed by atoms with van der Waals surface area (Å²) in [6.07, 6.45) is 5.92. The molecule has 1 aliphatic carbocycles. The molecule has 0 bridgehead atoms. The molecule has 0 radical (unpaired) electrons. The van der Waals surface area contributed by atoms with Gasteiger partial charge in [0, 0.05) is 34.6 Å². The molecular weight excluding hydrogens is 334 g/mol. The predicted octanol–water partition coefficient (Wildman–Crippen LogP) is 4.13. The third kappa shape index (κ3) is 7.22. The summed E-state index contributed by atoms with van der Waals surface area (Å²) in [5.74, 6) is 2.40. The first-order valence-electron chi connectivity index (χ1n) is 9.28. The lowest BCUT2D eigenvalue weighted by Gasteiger charge is -2.21. The number of primary amides is 1. The standard InChI is InChI=1S/C14H22N2OS.2C2H6.CH3NO/c1-8-15-6-11(18-8)9-5-10(9)13-16-7-12(17-13)14(2,3)4;2*1-2;2-1-3/h6-10,13,15-16H,5H2,1-4H3;2*1-2H3;1H,(H2,2,3). The number of ether oxygens (including phenoxy) is 1. The summed E-state index contributed by atoms with van der Waals surface area (Å²) in [5.41, 5.74) is 4.27. The zero-order valence-corrected chi connectivity index (χ0v) is 17.9. The molecule has 4 atom stereocenters. The quantitative estimate of drug-likeness (QED) is 0.636. The van der Waals surface area contributed by atoms with Crippen LogP contribution in [0.3, 0.4) is 0 Å². The summed E-state index contributed by atoms with van der Waals surface area (Å²) in [6.45, 7) is 16.8. The van der Waals surface area contributed by atoms with Gasteiger partial charge in [0.1, 0.15) is 5.76 Å². The fraction of sp³-hybridized carbons (Fsp3) is 0.737. The summed E-state index contributed by atoms with van der Waals surface area (Å²) in [7, 11) is 0. The molecule has 0 aromatic rings. The van der Waals surface area contributed by atoms with E-state index < -0.39 is 0 Å². The second-order valence-corrected chi connectivity index (χ2v) is 7.99. The van der Waals surface area contributed by atoms with E-state index in [0.717, 1.165) is 5.76 Å². The van der Waals surface area contributed by atoms with Crippen LogP contribution >= 0.6 is 11.8 Å². The van der Waals surface area contributed by atoms with E-state index in [4.69, 9.17) is 9.53 Å². The zero-order chi connectivity index (χ0) is 19.6. The van der Waals surface area contributed by atoms with Gasteiger partial charge in [-0.2, -0.15) is 0 Å². The number of amides is 1. The van der Waals surface area contributed by atoms with E-state index in [-0.39, 0.29) is 18.1 Å². The molecular formula is C19H37N3O2S. The monoisotopic (exact) mass is 371 g/mol. The number of carbonyl (C=O) groups is 1. The first-order valence-corrected chi connectivity index (χ1v) is 10.2. The molecule has 25 heavy (non-hydrogen) atoms. The number of carbonyl (C=O) groups excluding carboxylic acids is 1. The fourth-order valence-corrected chi connectivity index (χ4v) is 3.64. The Morgan fingerprint density at radius 1 is 1.20 bits per heavy atom. The summed E-state index contributed by atoms with van der Waals surface area (Å²) in [6, 6.07) is 0. The second-order valence-electron chi connectivity index (χ2n) is 6.58. The van der Waals surface area contributed by atoms with Crippen LogP contribution in [-0.2, 0) is 9.53 Å². The van der Waals surface area contributed by atoms with Crippen molar-refractivity contribution in [2.45, 2.75) is 73.4 Å². The van der Waals surface area contributed by atoms with Crippen LogP contribution < -0.4 is 16.4 Å². The van der Waals surface area contributed by atoms with E-state index in [0.29, 0.717) is 17.2 Å². The van der Waals surface area contributed by atoms with Crippen molar-refractivity contribution in [1.82, 2.24) is 10.6 Å². The van der Waals surface area contributed by atoms with Crippen LogP contribution in [0.25, 0.3) is 0 Å². The number of thioether (sulfide) groups is 1. The van der Waals surface area contributed by atoms with Crippen molar-refractivity contribution < 1.29 is 9.53 Å². The normalized spacial score (nSPS) is 28.6. The average Bonchev–Trinajstić information content (AvgIpc) is 3.00. The van der Waals surface area contributed by atoms with Crippen LogP contribution in [0.5, 0.6) is 0 Å². The lowest BCUT2D eigenvalue weighted by atomic mass is 9.94. The van der Waals surface area contributed by atoms with Crippen molar-refractivity contribution in [3.05, 3.63) is 23.1 Å². The zero-order valence-electron chi connectivity index (χ0n) is 17.1. The first-order chi connectivity index (χ1) is 11.9. The van der Waals surface area contributed by atoms with E-state index in [1.165, 1.54) is 11.3 Å². The van der Waals surface area contributed by atoms with Gasteiger partial charge in [-0.1, -0.05) is 48.5 Å². The Balaban J connectivity index is 0.000000728. The first kappa shape index (κ1) is 23.7. The van der Waals surface area contributed by atoms with Gasteiger partial charge in [-0.05, 0) is 13.3 Å². The molecule has 3 aliphatic rings. The molecule has 4 N–H and O–H groups in total. The molecule has 1 amide bonds. The summed E-state index contributed by atoms with van der Waals surface area (Å²) < 4.78 is 6.06. The van der Waals surface area contributed by atoms with Crippen LogP contribution in [-0.4, -0.2) is 18.0 Å². The number of hydrogen-bond donors (Lipinski definition) is 3. The molecule has 5 nitrogen and oxygen atoms in total. The molecule has 6 heteroatoms. The summed E-state index contributed by atoms with van der Waals surface area (Å²) in [5, 5.41) is 7.29.